The lowest BCUT2D eigenvalue weighted by molar-refractivity contribution is 0.850. The molecule has 0 amide bonds. The topological polar surface area (TPSA) is 37.8 Å². The molecule has 0 aliphatic carbocycles. The van der Waals surface area contributed by atoms with E-state index in [0.717, 1.165) is 5.56 Å². The second-order valence-electron chi connectivity index (χ2n) is 4.31. The third kappa shape index (κ3) is 2.38. The van der Waals surface area contributed by atoms with Crippen LogP contribution < -0.4 is 5.56 Å². The van der Waals surface area contributed by atoms with Gasteiger partial charge in [0, 0.05) is 16.2 Å². The van der Waals surface area contributed by atoms with Crippen molar-refractivity contribution >= 4 is 23.2 Å². The Bertz CT molecular complexity index is 803. The summed E-state index contributed by atoms with van der Waals surface area (Å²) >= 11 is 11.8. The molecule has 0 saturated carbocycles. The number of benzene rings is 2. The Morgan fingerprint density at radius 1 is 0.950 bits per heavy atom. The Morgan fingerprint density at radius 3 is 2.40 bits per heavy atom. The highest BCUT2D eigenvalue weighted by Gasteiger charge is 2.09. The van der Waals surface area contributed by atoms with E-state index in [-0.39, 0.29) is 5.56 Å². The Balaban J connectivity index is 2.09. The molecule has 0 aliphatic heterocycles. The Morgan fingerprint density at radius 2 is 1.70 bits per heavy atom. The van der Waals surface area contributed by atoms with E-state index < -0.39 is 0 Å². The first-order valence-corrected chi connectivity index (χ1v) is 6.73. The number of halogens is 2. The van der Waals surface area contributed by atoms with Gasteiger partial charge in [-0.1, -0.05) is 41.4 Å². The number of aromatic nitrogens is 2. The predicted molar refractivity (Wildman–Crippen MR) is 81.8 cm³/mol. The van der Waals surface area contributed by atoms with Crippen molar-refractivity contribution in [1.29, 1.82) is 0 Å². The molecule has 0 atom stereocenters. The third-order valence-electron chi connectivity index (χ3n) is 2.99. The summed E-state index contributed by atoms with van der Waals surface area (Å²) in [6.45, 7) is 0. The second kappa shape index (κ2) is 5.19. The molecule has 0 radical (unpaired) electrons. The van der Waals surface area contributed by atoms with Crippen molar-refractivity contribution in [3.8, 4) is 16.8 Å². The van der Waals surface area contributed by atoms with Crippen molar-refractivity contribution in [1.82, 2.24) is 9.78 Å². The van der Waals surface area contributed by atoms with E-state index in [1.54, 1.807) is 36.5 Å². The molecular weight excluding hydrogens is 295 g/mol. The molecule has 100 valence electrons. The van der Waals surface area contributed by atoms with Gasteiger partial charge in [0.25, 0.3) is 5.56 Å². The summed E-state index contributed by atoms with van der Waals surface area (Å²) in [4.78, 5) is 12.4. The van der Waals surface area contributed by atoms with Crippen molar-refractivity contribution in [2.24, 2.45) is 0 Å². The van der Waals surface area contributed by atoms with E-state index in [0.29, 0.717) is 21.3 Å². The van der Waals surface area contributed by atoms with Crippen LogP contribution in [-0.2, 0) is 0 Å². The van der Waals surface area contributed by atoms with Crippen molar-refractivity contribution in [2.75, 3.05) is 0 Å². The largest absolute Gasteiger partial charge is 0.298 e. The maximum absolute atomic E-state index is 12.4. The molecule has 0 saturated heterocycles. The summed E-state index contributed by atoms with van der Waals surface area (Å²) in [5.74, 6) is 0. The number of hydrogen-bond acceptors (Lipinski definition) is 1. The number of hydrogen-bond donors (Lipinski definition) is 1. The monoisotopic (exact) mass is 304 g/mol. The first-order valence-electron chi connectivity index (χ1n) is 5.97. The van der Waals surface area contributed by atoms with Gasteiger partial charge < -0.3 is 0 Å². The van der Waals surface area contributed by atoms with E-state index >= 15 is 0 Å². The summed E-state index contributed by atoms with van der Waals surface area (Å²) < 4.78 is 1.45. The zero-order valence-corrected chi connectivity index (χ0v) is 11.8. The number of aromatic amines is 1. The average molecular weight is 305 g/mol. The van der Waals surface area contributed by atoms with Gasteiger partial charge in [0.1, 0.15) is 0 Å². The molecular formula is C15H10Cl2N2O. The maximum Gasteiger partial charge on any atom is 0.279 e. The molecule has 1 N–H and O–H groups in total. The fourth-order valence-corrected chi connectivity index (χ4v) is 2.32. The zero-order valence-electron chi connectivity index (χ0n) is 10.3. The van der Waals surface area contributed by atoms with Crippen molar-refractivity contribution < 1.29 is 0 Å². The minimum atomic E-state index is -0.130. The van der Waals surface area contributed by atoms with Crippen LogP contribution >= 0.6 is 23.2 Å². The highest BCUT2D eigenvalue weighted by Crippen LogP contribution is 2.19. The number of nitrogens with zero attached hydrogens (tertiary/aromatic N) is 1. The highest BCUT2D eigenvalue weighted by atomic mass is 35.5. The minimum Gasteiger partial charge on any atom is -0.298 e. The first kappa shape index (κ1) is 13.0. The quantitative estimate of drug-likeness (QED) is 0.759. The lowest BCUT2D eigenvalue weighted by Crippen LogP contribution is -2.15. The standard InChI is InChI=1S/C15H10Cl2N2O/c16-11-6-4-10(5-7-11)14-9-18-19(15(14)20)13-3-1-2-12(17)8-13/h1-9,18H. The number of rotatable bonds is 2. The number of nitrogens with one attached hydrogen (secondary N) is 1. The molecule has 1 heterocycles. The van der Waals surface area contributed by atoms with Gasteiger partial charge in [-0.25, -0.2) is 4.68 Å². The van der Waals surface area contributed by atoms with Gasteiger partial charge >= 0.3 is 0 Å². The fourth-order valence-electron chi connectivity index (χ4n) is 2.01. The molecule has 20 heavy (non-hydrogen) atoms. The highest BCUT2D eigenvalue weighted by molar-refractivity contribution is 6.31. The van der Waals surface area contributed by atoms with Crippen LogP contribution in [0, 0.1) is 0 Å². The Kier molecular flexibility index (Phi) is 3.38. The smallest absolute Gasteiger partial charge is 0.279 e. The second-order valence-corrected chi connectivity index (χ2v) is 5.19. The van der Waals surface area contributed by atoms with Gasteiger partial charge in [0.2, 0.25) is 0 Å². The molecule has 0 aliphatic rings. The zero-order chi connectivity index (χ0) is 14.1. The molecule has 0 unspecified atom stereocenters. The minimum absolute atomic E-state index is 0.130. The summed E-state index contributed by atoms with van der Waals surface area (Å²) in [5, 5.41) is 4.16. The van der Waals surface area contributed by atoms with Gasteiger partial charge in [0.05, 0.1) is 11.3 Å². The van der Waals surface area contributed by atoms with Crippen LogP contribution in [0.15, 0.2) is 59.5 Å². The van der Waals surface area contributed by atoms with Crippen LogP contribution in [0.25, 0.3) is 16.8 Å². The predicted octanol–water partition coefficient (Wildman–Crippen LogP) is 4.14. The summed E-state index contributed by atoms with van der Waals surface area (Å²) in [6, 6.07) is 14.2. The molecule has 5 heteroatoms. The van der Waals surface area contributed by atoms with E-state index in [1.807, 2.05) is 18.2 Å². The molecule has 3 rings (SSSR count). The van der Waals surface area contributed by atoms with Gasteiger partial charge in [-0.05, 0) is 35.9 Å². The molecule has 0 bridgehead atoms. The van der Waals surface area contributed by atoms with E-state index in [2.05, 4.69) is 5.10 Å². The third-order valence-corrected chi connectivity index (χ3v) is 3.48. The van der Waals surface area contributed by atoms with Gasteiger partial charge in [-0.3, -0.25) is 9.89 Å². The van der Waals surface area contributed by atoms with Crippen molar-refractivity contribution in [2.45, 2.75) is 0 Å². The van der Waals surface area contributed by atoms with Crippen LogP contribution in [0.2, 0.25) is 10.0 Å². The van der Waals surface area contributed by atoms with Crippen LogP contribution in [0.1, 0.15) is 0 Å². The molecule has 0 fully saturated rings. The van der Waals surface area contributed by atoms with Gasteiger partial charge in [0.15, 0.2) is 0 Å². The molecule has 1 aromatic heterocycles. The summed E-state index contributed by atoms with van der Waals surface area (Å²) in [5.41, 5.74) is 1.97. The molecule has 3 nitrogen and oxygen atoms in total. The molecule has 3 aromatic rings. The Labute approximate surface area is 125 Å². The van der Waals surface area contributed by atoms with Gasteiger partial charge in [-0.15, -0.1) is 0 Å². The first-order chi connectivity index (χ1) is 9.65. The van der Waals surface area contributed by atoms with Crippen LogP contribution in [0.5, 0.6) is 0 Å². The van der Waals surface area contributed by atoms with Crippen LogP contribution in [-0.4, -0.2) is 9.78 Å². The SMILES string of the molecule is O=c1c(-c2ccc(Cl)cc2)c[nH]n1-c1cccc(Cl)c1. The molecule has 0 spiro atoms. The van der Waals surface area contributed by atoms with E-state index in [1.165, 1.54) is 4.68 Å². The molecule has 2 aromatic carbocycles. The van der Waals surface area contributed by atoms with Crippen molar-refractivity contribution in [3.63, 3.8) is 0 Å². The maximum atomic E-state index is 12.4. The summed E-state index contributed by atoms with van der Waals surface area (Å²) in [7, 11) is 0. The lowest BCUT2D eigenvalue weighted by atomic mass is 10.1. The Hall–Kier alpha value is -1.97. The van der Waals surface area contributed by atoms with Crippen LogP contribution in [0.4, 0.5) is 0 Å². The van der Waals surface area contributed by atoms with Crippen molar-refractivity contribution in [3.05, 3.63) is 75.1 Å². The van der Waals surface area contributed by atoms with Gasteiger partial charge in [-0.2, -0.15) is 0 Å². The lowest BCUT2D eigenvalue weighted by Gasteiger charge is -2.01. The normalized spacial score (nSPS) is 10.7. The van der Waals surface area contributed by atoms with Crippen LogP contribution in [0.3, 0.4) is 0 Å². The van der Waals surface area contributed by atoms with E-state index in [4.69, 9.17) is 23.2 Å². The number of H-pyrrole nitrogens is 1. The van der Waals surface area contributed by atoms with E-state index in [9.17, 15) is 4.79 Å². The summed E-state index contributed by atoms with van der Waals surface area (Å²) in [6.07, 6.45) is 1.67. The average Bonchev–Trinajstić information content (AvgIpc) is 2.82. The fraction of sp³-hybridized carbons (Fsp3) is 0.